The van der Waals surface area contributed by atoms with Gasteiger partial charge >= 0.3 is 0 Å². The van der Waals surface area contributed by atoms with Gasteiger partial charge in [-0.1, -0.05) is 0 Å². The van der Waals surface area contributed by atoms with Crippen LogP contribution in [0.1, 0.15) is 44.5 Å². The van der Waals surface area contributed by atoms with Crippen molar-refractivity contribution < 1.29 is 13.9 Å². The van der Waals surface area contributed by atoms with Crippen molar-refractivity contribution >= 4 is 21.7 Å². The lowest BCUT2D eigenvalue weighted by atomic mass is 9.82. The molecule has 0 radical (unpaired) electrons. The van der Waals surface area contributed by atoms with Crippen molar-refractivity contribution in [3.8, 4) is 0 Å². The van der Waals surface area contributed by atoms with E-state index in [-0.39, 0.29) is 23.1 Å². The number of carbonyl (C=O) groups is 1. The predicted octanol–water partition coefficient (Wildman–Crippen LogP) is 4.36. The Bertz CT molecular complexity index is 523. The first-order valence-corrected chi connectivity index (χ1v) is 7.11. The molecule has 1 aromatic carbocycles. The molecule has 0 aliphatic carbocycles. The monoisotopic (exact) mass is 328 g/mol. The molecule has 0 amide bonds. The summed E-state index contributed by atoms with van der Waals surface area (Å²) in [5.74, 6) is -0.560. The highest BCUT2D eigenvalue weighted by Gasteiger charge is 2.49. The largest absolute Gasteiger partial charge is 0.369 e. The lowest BCUT2D eigenvalue weighted by molar-refractivity contribution is -0.0712. The van der Waals surface area contributed by atoms with Crippen LogP contribution in [0.2, 0.25) is 0 Å². The maximum absolute atomic E-state index is 13.2. The van der Waals surface area contributed by atoms with Gasteiger partial charge in [0.1, 0.15) is 5.82 Å². The first kappa shape index (κ1) is 14.7. The Morgan fingerprint density at radius 2 is 2.00 bits per heavy atom. The van der Waals surface area contributed by atoms with Crippen LogP contribution >= 0.6 is 15.9 Å². The molecule has 1 atom stereocenters. The molecular formula is C15H18BrFO2. The topological polar surface area (TPSA) is 26.3 Å². The molecule has 1 aliphatic rings. The maximum Gasteiger partial charge on any atom is 0.168 e. The smallest absolute Gasteiger partial charge is 0.168 e. The Labute approximate surface area is 121 Å². The highest BCUT2D eigenvalue weighted by Crippen LogP contribution is 2.43. The zero-order chi connectivity index (χ0) is 14.4. The standard InChI is InChI=1S/C15H18BrFO2/c1-14(2)8-10(15(3,4)19-14)13(18)9-5-6-12(17)11(16)7-9/h5-7,10H,8H2,1-4H3. The van der Waals surface area contributed by atoms with Gasteiger partial charge in [0.15, 0.2) is 5.78 Å². The van der Waals surface area contributed by atoms with Gasteiger partial charge in [-0.2, -0.15) is 0 Å². The Morgan fingerprint density at radius 1 is 1.37 bits per heavy atom. The fraction of sp³-hybridized carbons (Fsp3) is 0.533. The van der Waals surface area contributed by atoms with Gasteiger partial charge in [0, 0.05) is 5.56 Å². The van der Waals surface area contributed by atoms with Gasteiger partial charge in [-0.15, -0.1) is 0 Å². The summed E-state index contributed by atoms with van der Waals surface area (Å²) in [6, 6.07) is 4.38. The average Bonchev–Trinajstić information content (AvgIpc) is 2.49. The van der Waals surface area contributed by atoms with Crippen LogP contribution in [0.5, 0.6) is 0 Å². The predicted molar refractivity (Wildman–Crippen MR) is 75.8 cm³/mol. The normalized spacial score (nSPS) is 24.4. The second-order valence-electron chi connectivity index (χ2n) is 6.22. The van der Waals surface area contributed by atoms with Crippen molar-refractivity contribution in [2.24, 2.45) is 5.92 Å². The minimum atomic E-state index is -0.499. The molecule has 0 aromatic heterocycles. The summed E-state index contributed by atoms with van der Waals surface area (Å²) in [5, 5.41) is 0. The van der Waals surface area contributed by atoms with Crippen LogP contribution in [0.25, 0.3) is 0 Å². The molecular weight excluding hydrogens is 311 g/mol. The van der Waals surface area contributed by atoms with Crippen LogP contribution in [0, 0.1) is 11.7 Å². The number of rotatable bonds is 2. The number of ketones is 1. The lowest BCUT2D eigenvalue weighted by Crippen LogP contribution is -2.33. The van der Waals surface area contributed by atoms with Crippen molar-refractivity contribution in [1.29, 1.82) is 0 Å². The molecule has 1 aliphatic heterocycles. The highest BCUT2D eigenvalue weighted by molar-refractivity contribution is 9.10. The van der Waals surface area contributed by atoms with Crippen molar-refractivity contribution in [3.05, 3.63) is 34.1 Å². The summed E-state index contributed by atoms with van der Waals surface area (Å²) in [6.07, 6.45) is 0.674. The van der Waals surface area contributed by atoms with E-state index in [9.17, 15) is 9.18 Å². The van der Waals surface area contributed by atoms with E-state index in [4.69, 9.17) is 4.74 Å². The molecule has 4 heteroatoms. The van der Waals surface area contributed by atoms with E-state index in [1.54, 1.807) is 6.07 Å². The number of Topliss-reactive ketones (excluding diaryl/α,β-unsaturated/α-hetero) is 1. The fourth-order valence-corrected chi connectivity index (χ4v) is 3.20. The molecule has 0 saturated carbocycles. The van der Waals surface area contributed by atoms with Gasteiger partial charge in [0.25, 0.3) is 0 Å². The van der Waals surface area contributed by atoms with E-state index >= 15 is 0 Å². The van der Waals surface area contributed by atoms with Crippen LogP contribution in [-0.2, 0) is 4.74 Å². The van der Waals surface area contributed by atoms with Gasteiger partial charge in [-0.3, -0.25) is 4.79 Å². The van der Waals surface area contributed by atoms with Crippen molar-refractivity contribution in [2.75, 3.05) is 0 Å². The second-order valence-corrected chi connectivity index (χ2v) is 7.07. The molecule has 1 saturated heterocycles. The Kier molecular flexibility index (Phi) is 3.60. The molecule has 2 rings (SSSR count). The molecule has 19 heavy (non-hydrogen) atoms. The Morgan fingerprint density at radius 3 is 2.47 bits per heavy atom. The first-order valence-electron chi connectivity index (χ1n) is 6.32. The number of benzene rings is 1. The van der Waals surface area contributed by atoms with Crippen LogP contribution in [0.4, 0.5) is 4.39 Å². The van der Waals surface area contributed by atoms with Gasteiger partial charge in [0.2, 0.25) is 0 Å². The lowest BCUT2D eigenvalue weighted by Gasteiger charge is -2.26. The summed E-state index contributed by atoms with van der Waals surface area (Å²) in [6.45, 7) is 7.84. The second kappa shape index (κ2) is 4.67. The van der Waals surface area contributed by atoms with Crippen LogP contribution in [-0.4, -0.2) is 17.0 Å². The summed E-state index contributed by atoms with van der Waals surface area (Å²) in [4.78, 5) is 12.6. The average molecular weight is 329 g/mol. The molecule has 2 nitrogen and oxygen atoms in total. The molecule has 0 spiro atoms. The SMILES string of the molecule is CC1(C)CC(C(=O)c2ccc(F)c(Br)c2)C(C)(C)O1. The zero-order valence-electron chi connectivity index (χ0n) is 11.6. The van der Waals surface area contributed by atoms with Gasteiger partial charge < -0.3 is 4.74 Å². The van der Waals surface area contributed by atoms with Gasteiger partial charge in [0.05, 0.1) is 21.6 Å². The van der Waals surface area contributed by atoms with E-state index < -0.39 is 5.60 Å². The summed E-state index contributed by atoms with van der Waals surface area (Å²) in [5.41, 5.74) is -0.282. The number of ether oxygens (including phenoxy) is 1. The molecule has 0 bridgehead atoms. The Balaban J connectivity index is 2.31. The van der Waals surface area contributed by atoms with E-state index in [1.165, 1.54) is 12.1 Å². The quantitative estimate of drug-likeness (QED) is 0.754. The van der Waals surface area contributed by atoms with E-state index in [1.807, 2.05) is 27.7 Å². The van der Waals surface area contributed by atoms with E-state index in [2.05, 4.69) is 15.9 Å². The van der Waals surface area contributed by atoms with Crippen LogP contribution in [0.15, 0.2) is 22.7 Å². The number of hydrogen-bond donors (Lipinski definition) is 0. The third-order valence-electron chi connectivity index (χ3n) is 3.59. The van der Waals surface area contributed by atoms with Crippen LogP contribution in [0.3, 0.4) is 0 Å². The van der Waals surface area contributed by atoms with Crippen LogP contribution < -0.4 is 0 Å². The fourth-order valence-electron chi connectivity index (χ4n) is 2.82. The third-order valence-corrected chi connectivity index (χ3v) is 4.20. The molecule has 1 heterocycles. The first-order chi connectivity index (χ1) is 8.62. The summed E-state index contributed by atoms with van der Waals surface area (Å²) in [7, 11) is 0. The highest BCUT2D eigenvalue weighted by atomic mass is 79.9. The van der Waals surface area contributed by atoms with Gasteiger partial charge in [-0.05, 0) is 68.2 Å². The summed E-state index contributed by atoms with van der Waals surface area (Å²) >= 11 is 3.12. The van der Waals surface area contributed by atoms with Crippen molar-refractivity contribution in [3.63, 3.8) is 0 Å². The molecule has 104 valence electrons. The zero-order valence-corrected chi connectivity index (χ0v) is 13.2. The number of halogens is 2. The van der Waals surface area contributed by atoms with Crippen molar-refractivity contribution in [2.45, 2.75) is 45.3 Å². The molecule has 0 N–H and O–H groups in total. The minimum absolute atomic E-state index is 0.0104. The third kappa shape index (κ3) is 2.90. The maximum atomic E-state index is 13.2. The number of hydrogen-bond acceptors (Lipinski definition) is 2. The van der Waals surface area contributed by atoms with Crippen molar-refractivity contribution in [1.82, 2.24) is 0 Å². The van der Waals surface area contributed by atoms with E-state index in [0.29, 0.717) is 16.5 Å². The molecule has 1 aromatic rings. The van der Waals surface area contributed by atoms with Gasteiger partial charge in [-0.25, -0.2) is 4.39 Å². The molecule has 1 unspecified atom stereocenters. The molecule has 1 fully saturated rings. The minimum Gasteiger partial charge on any atom is -0.369 e. The number of carbonyl (C=O) groups excluding carboxylic acids is 1. The van der Waals surface area contributed by atoms with E-state index in [0.717, 1.165) is 0 Å². The Hall–Kier alpha value is -0.740. The summed E-state index contributed by atoms with van der Waals surface area (Å²) < 4.78 is 19.5.